The maximum Gasteiger partial charge on any atom is 0.226 e. The van der Waals surface area contributed by atoms with Crippen LogP contribution in [0.4, 0.5) is 5.82 Å². The van der Waals surface area contributed by atoms with Gasteiger partial charge in [0, 0.05) is 24.9 Å². The van der Waals surface area contributed by atoms with Crippen LogP contribution in [0.1, 0.15) is 37.3 Å². The fourth-order valence-corrected chi connectivity index (χ4v) is 2.70. The molecule has 1 amide bonds. The molecule has 1 aliphatic heterocycles. The van der Waals surface area contributed by atoms with Crippen LogP contribution >= 0.6 is 0 Å². The molecule has 1 aromatic heterocycles. The van der Waals surface area contributed by atoms with Crippen LogP contribution in [-0.2, 0) is 11.8 Å². The number of hydrogen-bond donors (Lipinski definition) is 1. The van der Waals surface area contributed by atoms with E-state index < -0.39 is 0 Å². The molecule has 0 fully saturated rings. The Labute approximate surface area is 130 Å². The molecule has 116 valence electrons. The van der Waals surface area contributed by atoms with Gasteiger partial charge in [-0.2, -0.15) is 5.10 Å². The van der Waals surface area contributed by atoms with Crippen molar-refractivity contribution in [3.8, 4) is 5.75 Å². The Morgan fingerprint density at radius 2 is 2.09 bits per heavy atom. The van der Waals surface area contributed by atoms with E-state index in [1.807, 2.05) is 37.5 Å². The van der Waals surface area contributed by atoms with Gasteiger partial charge in [-0.05, 0) is 23.6 Å². The van der Waals surface area contributed by atoms with Crippen LogP contribution in [-0.4, -0.2) is 22.3 Å². The number of nitrogens with one attached hydrogen (secondary N) is 1. The molecular weight excluding hydrogens is 278 g/mol. The molecular formula is C17H21N3O2. The van der Waals surface area contributed by atoms with Crippen molar-refractivity contribution in [2.24, 2.45) is 13.0 Å². The summed E-state index contributed by atoms with van der Waals surface area (Å²) in [6.45, 7) is 4.95. The van der Waals surface area contributed by atoms with Crippen molar-refractivity contribution >= 4 is 11.7 Å². The number of amides is 1. The minimum atomic E-state index is 0.0289. The first-order valence-corrected chi connectivity index (χ1v) is 7.59. The minimum absolute atomic E-state index is 0.0289. The lowest BCUT2D eigenvalue weighted by Gasteiger charge is -2.23. The van der Waals surface area contributed by atoms with Gasteiger partial charge < -0.3 is 10.1 Å². The minimum Gasteiger partial charge on any atom is -0.493 e. The van der Waals surface area contributed by atoms with E-state index in [1.165, 1.54) is 0 Å². The van der Waals surface area contributed by atoms with Gasteiger partial charge >= 0.3 is 0 Å². The van der Waals surface area contributed by atoms with Gasteiger partial charge in [0.1, 0.15) is 11.6 Å². The van der Waals surface area contributed by atoms with Crippen LogP contribution in [0.15, 0.2) is 30.5 Å². The summed E-state index contributed by atoms with van der Waals surface area (Å²) in [6.07, 6.45) is 2.29. The predicted molar refractivity (Wildman–Crippen MR) is 85.1 cm³/mol. The second-order valence-electron chi connectivity index (χ2n) is 6.15. The Hall–Kier alpha value is -2.30. The zero-order chi connectivity index (χ0) is 15.7. The molecule has 2 aromatic rings. The van der Waals surface area contributed by atoms with E-state index >= 15 is 0 Å². The lowest BCUT2D eigenvalue weighted by atomic mass is 9.87. The quantitative estimate of drug-likeness (QED) is 0.944. The average Bonchev–Trinajstić information content (AvgIpc) is 2.86. The van der Waals surface area contributed by atoms with Crippen LogP contribution in [0, 0.1) is 5.92 Å². The molecule has 0 spiro atoms. The number of hydrogen-bond acceptors (Lipinski definition) is 3. The summed E-state index contributed by atoms with van der Waals surface area (Å²) in [6, 6.07) is 8.02. The van der Waals surface area contributed by atoms with Gasteiger partial charge in [0.05, 0.1) is 12.8 Å². The molecule has 0 saturated carbocycles. The molecule has 0 saturated heterocycles. The lowest BCUT2D eigenvalue weighted by molar-refractivity contribution is -0.116. The van der Waals surface area contributed by atoms with E-state index in [2.05, 4.69) is 24.3 Å². The van der Waals surface area contributed by atoms with Gasteiger partial charge in [0.25, 0.3) is 0 Å². The van der Waals surface area contributed by atoms with Crippen LogP contribution < -0.4 is 10.1 Å². The number of anilines is 1. The number of aryl methyl sites for hydroxylation is 1. The average molecular weight is 299 g/mol. The Morgan fingerprint density at radius 3 is 2.77 bits per heavy atom. The zero-order valence-corrected chi connectivity index (χ0v) is 13.2. The Morgan fingerprint density at radius 1 is 1.36 bits per heavy atom. The highest BCUT2D eigenvalue weighted by atomic mass is 16.5. The van der Waals surface area contributed by atoms with Crippen LogP contribution in [0.3, 0.4) is 0 Å². The van der Waals surface area contributed by atoms with E-state index in [0.717, 1.165) is 22.7 Å². The van der Waals surface area contributed by atoms with E-state index in [-0.39, 0.29) is 11.8 Å². The number of benzene rings is 1. The maximum atomic E-state index is 11.9. The second kappa shape index (κ2) is 5.83. The fourth-order valence-electron chi connectivity index (χ4n) is 2.70. The van der Waals surface area contributed by atoms with E-state index in [0.29, 0.717) is 18.9 Å². The lowest BCUT2D eigenvalue weighted by Crippen LogP contribution is -2.24. The molecule has 1 N–H and O–H groups in total. The molecule has 3 rings (SSSR count). The van der Waals surface area contributed by atoms with Crippen molar-refractivity contribution in [1.82, 2.24) is 9.78 Å². The number of ether oxygens (including phenoxy) is 1. The fraction of sp³-hybridized carbons (Fsp3) is 0.412. The maximum absolute atomic E-state index is 11.9. The third kappa shape index (κ3) is 2.84. The summed E-state index contributed by atoms with van der Waals surface area (Å²) in [5.41, 5.74) is 2.18. The molecule has 22 heavy (non-hydrogen) atoms. The molecule has 1 unspecified atom stereocenters. The highest BCUT2D eigenvalue weighted by Crippen LogP contribution is 2.37. The Kier molecular flexibility index (Phi) is 3.88. The van der Waals surface area contributed by atoms with Crippen LogP contribution in [0.25, 0.3) is 0 Å². The standard InChI is InChI=1S/C17H21N3O2/c1-11(2)10-22-13-6-4-12(5-7-13)14-8-16(21)19-17-15(14)9-18-20(17)3/h4-7,9,11,14H,8,10H2,1-3H3,(H,19,21). The van der Waals surface area contributed by atoms with Crippen LogP contribution in [0.5, 0.6) is 5.75 Å². The summed E-state index contributed by atoms with van der Waals surface area (Å²) in [4.78, 5) is 11.9. The van der Waals surface area contributed by atoms with Crippen molar-refractivity contribution in [3.05, 3.63) is 41.6 Å². The van der Waals surface area contributed by atoms with E-state index in [1.54, 1.807) is 4.68 Å². The van der Waals surface area contributed by atoms with Crippen molar-refractivity contribution in [2.75, 3.05) is 11.9 Å². The molecule has 0 radical (unpaired) electrons. The topological polar surface area (TPSA) is 56.1 Å². The summed E-state index contributed by atoms with van der Waals surface area (Å²) < 4.78 is 7.42. The number of carbonyl (C=O) groups is 1. The molecule has 5 nitrogen and oxygen atoms in total. The number of aromatic nitrogens is 2. The Balaban J connectivity index is 1.83. The van der Waals surface area contributed by atoms with Gasteiger partial charge in [-0.15, -0.1) is 0 Å². The molecule has 2 heterocycles. The smallest absolute Gasteiger partial charge is 0.226 e. The first-order valence-electron chi connectivity index (χ1n) is 7.59. The zero-order valence-electron chi connectivity index (χ0n) is 13.2. The van der Waals surface area contributed by atoms with Crippen molar-refractivity contribution in [2.45, 2.75) is 26.2 Å². The van der Waals surface area contributed by atoms with Gasteiger partial charge in [-0.25, -0.2) is 0 Å². The summed E-state index contributed by atoms with van der Waals surface area (Å²) >= 11 is 0. The highest BCUT2D eigenvalue weighted by Gasteiger charge is 2.29. The normalized spacial score (nSPS) is 17.3. The molecule has 1 atom stereocenters. The first kappa shape index (κ1) is 14.6. The molecule has 5 heteroatoms. The highest BCUT2D eigenvalue weighted by molar-refractivity contribution is 5.94. The summed E-state index contributed by atoms with van der Waals surface area (Å²) in [5, 5.41) is 7.14. The van der Waals surface area contributed by atoms with E-state index in [4.69, 9.17) is 4.74 Å². The SMILES string of the molecule is CC(C)COc1ccc(C2CC(=O)Nc3c2cnn3C)cc1. The largest absolute Gasteiger partial charge is 0.493 e. The van der Waals surface area contributed by atoms with E-state index in [9.17, 15) is 4.79 Å². The third-order valence-electron chi connectivity index (χ3n) is 3.86. The molecule has 0 aliphatic carbocycles. The number of nitrogens with zero attached hydrogens (tertiary/aromatic N) is 2. The monoisotopic (exact) mass is 299 g/mol. The molecule has 1 aliphatic rings. The van der Waals surface area contributed by atoms with Gasteiger partial charge in [0.15, 0.2) is 0 Å². The Bertz CT molecular complexity index is 674. The number of carbonyl (C=O) groups excluding carboxylic acids is 1. The van der Waals surface area contributed by atoms with Gasteiger partial charge in [0.2, 0.25) is 5.91 Å². The first-order chi connectivity index (χ1) is 10.5. The summed E-state index contributed by atoms with van der Waals surface area (Å²) in [7, 11) is 1.84. The van der Waals surface area contributed by atoms with Crippen molar-refractivity contribution < 1.29 is 9.53 Å². The molecule has 0 bridgehead atoms. The van der Waals surface area contributed by atoms with Crippen molar-refractivity contribution in [1.29, 1.82) is 0 Å². The molecule has 1 aromatic carbocycles. The summed E-state index contributed by atoms with van der Waals surface area (Å²) in [5.74, 6) is 2.24. The predicted octanol–water partition coefficient (Wildman–Crippen LogP) is 2.93. The number of fused-ring (bicyclic) bond motifs is 1. The van der Waals surface area contributed by atoms with Crippen molar-refractivity contribution in [3.63, 3.8) is 0 Å². The van der Waals surface area contributed by atoms with Gasteiger partial charge in [-0.3, -0.25) is 9.48 Å². The van der Waals surface area contributed by atoms with Gasteiger partial charge in [-0.1, -0.05) is 26.0 Å². The van der Waals surface area contributed by atoms with Crippen LogP contribution in [0.2, 0.25) is 0 Å². The third-order valence-corrected chi connectivity index (χ3v) is 3.86. The number of rotatable bonds is 4. The second-order valence-corrected chi connectivity index (χ2v) is 6.15.